The standard InChI is InChI=1S/C25H38N2O2/c1-17(2)14-21-16-27(22(15-18(3)4)24(29)26-21)23(28)13-10-19-8-11-20(12-9-19)25(5,6)7/h8-13,17-18,21-22H,14-16H2,1-7H3,(H,26,29). The van der Waals surface area contributed by atoms with Crippen LogP contribution in [-0.4, -0.2) is 35.3 Å². The van der Waals surface area contributed by atoms with E-state index in [1.54, 1.807) is 11.0 Å². The van der Waals surface area contributed by atoms with Gasteiger partial charge >= 0.3 is 0 Å². The minimum Gasteiger partial charge on any atom is -0.350 e. The number of amides is 2. The Kier molecular flexibility index (Phi) is 7.67. The van der Waals surface area contributed by atoms with Gasteiger partial charge in [0, 0.05) is 18.7 Å². The zero-order chi connectivity index (χ0) is 21.8. The topological polar surface area (TPSA) is 49.4 Å². The van der Waals surface area contributed by atoms with Gasteiger partial charge in [0.15, 0.2) is 0 Å². The number of nitrogens with one attached hydrogen (secondary N) is 1. The molecule has 2 rings (SSSR count). The molecule has 1 aliphatic rings. The van der Waals surface area contributed by atoms with E-state index >= 15 is 0 Å². The maximum absolute atomic E-state index is 13.0. The van der Waals surface area contributed by atoms with Crippen LogP contribution in [0.25, 0.3) is 6.08 Å². The van der Waals surface area contributed by atoms with Crippen LogP contribution in [-0.2, 0) is 15.0 Å². The third kappa shape index (κ3) is 6.73. The third-order valence-electron chi connectivity index (χ3n) is 5.37. The van der Waals surface area contributed by atoms with Crippen LogP contribution in [0.4, 0.5) is 0 Å². The number of hydrogen-bond acceptors (Lipinski definition) is 2. The largest absolute Gasteiger partial charge is 0.350 e. The molecule has 0 radical (unpaired) electrons. The average molecular weight is 399 g/mol. The maximum atomic E-state index is 13.0. The highest BCUT2D eigenvalue weighted by Gasteiger charge is 2.36. The first-order valence-corrected chi connectivity index (χ1v) is 10.9. The highest BCUT2D eigenvalue weighted by molar-refractivity contribution is 5.96. The minimum absolute atomic E-state index is 0.0214. The Labute approximate surface area is 176 Å². The van der Waals surface area contributed by atoms with Crippen molar-refractivity contribution in [3.8, 4) is 0 Å². The van der Waals surface area contributed by atoms with Gasteiger partial charge in [-0.05, 0) is 47.3 Å². The molecule has 1 heterocycles. The van der Waals surface area contributed by atoms with E-state index < -0.39 is 0 Å². The summed E-state index contributed by atoms with van der Waals surface area (Å²) in [5, 5.41) is 3.13. The van der Waals surface area contributed by atoms with Crippen molar-refractivity contribution in [3.05, 3.63) is 41.5 Å². The van der Waals surface area contributed by atoms with Crippen LogP contribution in [0.2, 0.25) is 0 Å². The van der Waals surface area contributed by atoms with Gasteiger partial charge in [-0.3, -0.25) is 9.59 Å². The predicted molar refractivity (Wildman–Crippen MR) is 121 cm³/mol. The Morgan fingerprint density at radius 1 is 1.10 bits per heavy atom. The van der Waals surface area contributed by atoms with Gasteiger partial charge in [0.1, 0.15) is 6.04 Å². The summed E-state index contributed by atoms with van der Waals surface area (Å²) < 4.78 is 0. The van der Waals surface area contributed by atoms with E-state index in [2.05, 4.69) is 65.9 Å². The number of piperazine rings is 1. The van der Waals surface area contributed by atoms with Crippen molar-refractivity contribution in [2.45, 2.75) is 78.8 Å². The molecule has 1 saturated heterocycles. The van der Waals surface area contributed by atoms with Crippen LogP contribution in [0.15, 0.2) is 30.3 Å². The molecule has 1 N–H and O–H groups in total. The minimum atomic E-state index is -0.390. The van der Waals surface area contributed by atoms with Gasteiger partial charge in [-0.2, -0.15) is 0 Å². The Bertz CT molecular complexity index is 726. The summed E-state index contributed by atoms with van der Waals surface area (Å²) in [4.78, 5) is 27.5. The van der Waals surface area contributed by atoms with Crippen molar-refractivity contribution < 1.29 is 9.59 Å². The van der Waals surface area contributed by atoms with E-state index in [-0.39, 0.29) is 29.3 Å². The highest BCUT2D eigenvalue weighted by atomic mass is 16.2. The van der Waals surface area contributed by atoms with Crippen molar-refractivity contribution >= 4 is 17.9 Å². The van der Waals surface area contributed by atoms with Crippen molar-refractivity contribution in [1.29, 1.82) is 0 Å². The second kappa shape index (κ2) is 9.60. The van der Waals surface area contributed by atoms with Crippen LogP contribution < -0.4 is 5.32 Å². The number of carbonyl (C=O) groups is 2. The monoisotopic (exact) mass is 398 g/mol. The summed E-state index contributed by atoms with van der Waals surface area (Å²) in [6, 6.07) is 7.94. The van der Waals surface area contributed by atoms with Crippen molar-refractivity contribution in [2.24, 2.45) is 11.8 Å². The molecule has 4 nitrogen and oxygen atoms in total. The fourth-order valence-corrected chi connectivity index (χ4v) is 3.83. The third-order valence-corrected chi connectivity index (χ3v) is 5.37. The van der Waals surface area contributed by atoms with Crippen LogP contribution in [0.1, 0.15) is 72.4 Å². The fraction of sp³-hybridized carbons (Fsp3) is 0.600. The number of rotatable bonds is 6. The Hall–Kier alpha value is -2.10. The summed E-state index contributed by atoms with van der Waals surface area (Å²) in [6.07, 6.45) is 5.03. The van der Waals surface area contributed by atoms with Crippen molar-refractivity contribution in [3.63, 3.8) is 0 Å². The molecule has 2 unspecified atom stereocenters. The molecule has 29 heavy (non-hydrogen) atoms. The van der Waals surface area contributed by atoms with Crippen LogP contribution in [0, 0.1) is 11.8 Å². The Balaban J connectivity index is 2.16. The molecule has 2 atom stereocenters. The van der Waals surface area contributed by atoms with E-state index in [9.17, 15) is 9.59 Å². The summed E-state index contributed by atoms with van der Waals surface area (Å²) in [5.74, 6) is 0.707. The fourth-order valence-electron chi connectivity index (χ4n) is 3.83. The first-order valence-electron chi connectivity index (χ1n) is 10.9. The molecule has 0 saturated carbocycles. The molecule has 4 heteroatoms. The molecule has 160 valence electrons. The van der Waals surface area contributed by atoms with Gasteiger partial charge in [0.25, 0.3) is 0 Å². The molecule has 2 amide bonds. The summed E-state index contributed by atoms with van der Waals surface area (Å²) in [6.45, 7) is 15.6. The van der Waals surface area contributed by atoms with Gasteiger partial charge < -0.3 is 10.2 Å². The molecule has 0 aliphatic carbocycles. The van der Waals surface area contributed by atoms with Crippen molar-refractivity contribution in [1.82, 2.24) is 10.2 Å². The van der Waals surface area contributed by atoms with Crippen molar-refractivity contribution in [2.75, 3.05) is 6.54 Å². The zero-order valence-corrected chi connectivity index (χ0v) is 19.2. The SMILES string of the molecule is CC(C)CC1CN(C(=O)C=Cc2ccc(C(C)(C)C)cc2)C(CC(C)C)C(=O)N1. The van der Waals surface area contributed by atoms with E-state index in [0.717, 1.165) is 12.0 Å². The van der Waals surface area contributed by atoms with Crippen LogP contribution in [0.5, 0.6) is 0 Å². The molecule has 1 fully saturated rings. The number of benzene rings is 1. The van der Waals surface area contributed by atoms with E-state index in [4.69, 9.17) is 0 Å². The molecule has 0 spiro atoms. The predicted octanol–water partition coefficient (Wildman–Crippen LogP) is 4.79. The maximum Gasteiger partial charge on any atom is 0.247 e. The molecule has 0 aromatic heterocycles. The molecular formula is C25H38N2O2. The molecule has 1 aliphatic heterocycles. The lowest BCUT2D eigenvalue weighted by molar-refractivity contribution is -0.142. The second-order valence-electron chi connectivity index (χ2n) is 10.2. The normalized spacial score (nSPS) is 20.6. The number of hydrogen-bond donors (Lipinski definition) is 1. The Morgan fingerprint density at radius 3 is 2.21 bits per heavy atom. The zero-order valence-electron chi connectivity index (χ0n) is 19.2. The number of carbonyl (C=O) groups excluding carboxylic acids is 2. The second-order valence-corrected chi connectivity index (χ2v) is 10.2. The molecule has 0 bridgehead atoms. The lowest BCUT2D eigenvalue weighted by Crippen LogP contribution is -2.61. The molecular weight excluding hydrogens is 360 g/mol. The van der Waals surface area contributed by atoms with Crippen LogP contribution >= 0.6 is 0 Å². The summed E-state index contributed by atoms with van der Waals surface area (Å²) in [5.41, 5.74) is 2.36. The lowest BCUT2D eigenvalue weighted by Gasteiger charge is -2.40. The van der Waals surface area contributed by atoms with E-state index in [1.807, 2.05) is 18.2 Å². The summed E-state index contributed by atoms with van der Waals surface area (Å²) >= 11 is 0. The highest BCUT2D eigenvalue weighted by Crippen LogP contribution is 2.23. The average Bonchev–Trinajstić information content (AvgIpc) is 2.60. The van der Waals surface area contributed by atoms with Gasteiger partial charge in [-0.25, -0.2) is 0 Å². The lowest BCUT2D eigenvalue weighted by atomic mass is 9.87. The smallest absolute Gasteiger partial charge is 0.247 e. The first-order chi connectivity index (χ1) is 13.5. The molecule has 1 aromatic carbocycles. The van der Waals surface area contributed by atoms with Gasteiger partial charge in [-0.1, -0.05) is 72.7 Å². The number of nitrogens with zero attached hydrogens (tertiary/aromatic N) is 1. The van der Waals surface area contributed by atoms with Gasteiger partial charge in [0.05, 0.1) is 0 Å². The van der Waals surface area contributed by atoms with Crippen LogP contribution in [0.3, 0.4) is 0 Å². The Morgan fingerprint density at radius 2 is 1.69 bits per heavy atom. The van der Waals surface area contributed by atoms with E-state index in [0.29, 0.717) is 24.8 Å². The first kappa shape index (κ1) is 23.2. The molecule has 1 aromatic rings. The van der Waals surface area contributed by atoms with Gasteiger partial charge in [-0.15, -0.1) is 0 Å². The summed E-state index contributed by atoms with van der Waals surface area (Å²) in [7, 11) is 0. The van der Waals surface area contributed by atoms with Gasteiger partial charge in [0.2, 0.25) is 11.8 Å². The quantitative estimate of drug-likeness (QED) is 0.701. The van der Waals surface area contributed by atoms with E-state index in [1.165, 1.54) is 5.56 Å².